The molecule has 4 heteroatoms. The fraction of sp³-hybridized carbons (Fsp3) is 1.00. The second-order valence-electron chi connectivity index (χ2n) is 2.61. The van der Waals surface area contributed by atoms with Crippen LogP contribution in [-0.2, 0) is 19.5 Å². The van der Waals surface area contributed by atoms with Gasteiger partial charge >= 0.3 is 0 Å². The van der Waals surface area contributed by atoms with E-state index in [4.69, 9.17) is 0 Å². The van der Waals surface area contributed by atoms with Gasteiger partial charge in [0, 0.05) is 19.5 Å². The Hall–Kier alpha value is 1.54. The number of hydrogen-bond donors (Lipinski definition) is 0. The van der Waals surface area contributed by atoms with Gasteiger partial charge in [-0.3, -0.25) is 0 Å². The molecule has 74 valence electrons. The van der Waals surface area contributed by atoms with Gasteiger partial charge in [-0.2, -0.15) is 0 Å². The minimum Gasteiger partial charge on any atom is -0.325 e. The van der Waals surface area contributed by atoms with Crippen LogP contribution in [0.4, 0.5) is 0 Å². The minimum absolute atomic E-state index is 0. The summed E-state index contributed by atoms with van der Waals surface area (Å²) in [4.78, 5) is 0. The average molecular weight is 357 g/mol. The number of rotatable bonds is 4. The smallest absolute Gasteiger partial charge is 0.0757 e. The predicted octanol–water partition coefficient (Wildman–Crippen LogP) is 3.04. The van der Waals surface area contributed by atoms with E-state index in [9.17, 15) is 0 Å². The Morgan fingerprint density at radius 2 is 0.833 bits per heavy atom. The molecule has 0 aromatic heterocycles. The van der Waals surface area contributed by atoms with Gasteiger partial charge in [-0.15, -0.1) is 34.0 Å². The molecule has 0 rings (SSSR count). The Balaban J connectivity index is -0.000000107. The maximum atomic E-state index is 2.27. The van der Waals surface area contributed by atoms with E-state index in [1.807, 2.05) is 0 Å². The van der Waals surface area contributed by atoms with Crippen LogP contribution in [0.5, 0.6) is 0 Å². The van der Waals surface area contributed by atoms with E-state index in [0.717, 1.165) is 0 Å². The molecule has 0 heterocycles. The Morgan fingerprint density at radius 1 is 0.667 bits per heavy atom. The number of hydrogen-bond acceptors (Lipinski definition) is 0. The van der Waals surface area contributed by atoms with Crippen molar-refractivity contribution in [1.29, 1.82) is 0 Å². The van der Waals surface area contributed by atoms with E-state index >= 15 is 0 Å². The van der Waals surface area contributed by atoms with Gasteiger partial charge in [0.1, 0.15) is 0 Å². The van der Waals surface area contributed by atoms with Crippen LogP contribution in [-0.4, -0.2) is 30.7 Å². The first-order valence-corrected chi connectivity index (χ1v) is 4.09. The van der Waals surface area contributed by atoms with Crippen molar-refractivity contribution < 1.29 is 24.0 Å². The van der Waals surface area contributed by atoms with Crippen molar-refractivity contribution >= 4 is 34.0 Å². The zero-order valence-electron chi connectivity index (χ0n) is 8.80. The van der Waals surface area contributed by atoms with Crippen molar-refractivity contribution in [3.63, 3.8) is 0 Å². The third-order valence-electron chi connectivity index (χ3n) is 2.68. The summed E-state index contributed by atoms with van der Waals surface area (Å²) in [6, 6.07) is 0. The van der Waals surface area contributed by atoms with Crippen molar-refractivity contribution in [2.75, 3.05) is 26.2 Å². The third kappa shape index (κ3) is 7.00. The molecule has 0 fully saturated rings. The van der Waals surface area contributed by atoms with Crippen LogP contribution in [0, 0.1) is 0 Å². The van der Waals surface area contributed by atoms with E-state index in [2.05, 4.69) is 27.7 Å². The summed E-state index contributed by atoms with van der Waals surface area (Å²) >= 11 is 0. The Kier molecular flexibility index (Phi) is 24.5. The summed E-state index contributed by atoms with van der Waals surface area (Å²) in [6.07, 6.45) is 0. The molecule has 0 aromatic rings. The molecule has 0 bridgehead atoms. The second kappa shape index (κ2) is 12.5. The summed E-state index contributed by atoms with van der Waals surface area (Å²) in [6.45, 7) is 14.2. The molecule has 0 aliphatic carbocycles. The maximum absolute atomic E-state index is 2.27. The monoisotopic (exact) mass is 354 g/mol. The summed E-state index contributed by atoms with van der Waals surface area (Å²) in [5, 5.41) is 0. The molecule has 1 nitrogen and oxygen atoms in total. The standard InChI is InChI=1S/C8H20N.2BrH.Zn/c1-5-9(6-2,7-3)8-4;;;/h5-8H2,1-4H3;2*1H;/q+1;;;. The average Bonchev–Trinajstić information content (AvgIpc) is 1.95. The van der Waals surface area contributed by atoms with Crippen LogP contribution in [0.25, 0.3) is 0 Å². The topological polar surface area (TPSA) is 0 Å². The van der Waals surface area contributed by atoms with Crippen LogP contribution in [0.15, 0.2) is 0 Å². The SMILES string of the molecule is Br.Br.CC[N+](CC)(CC)CC.[Zn]. The van der Waals surface area contributed by atoms with Gasteiger partial charge in [-0.25, -0.2) is 0 Å². The van der Waals surface area contributed by atoms with E-state index in [1.54, 1.807) is 0 Å². The first kappa shape index (κ1) is 23.4. The van der Waals surface area contributed by atoms with E-state index in [-0.39, 0.29) is 53.4 Å². The number of halogens is 2. The molecule has 0 aliphatic rings. The zero-order valence-corrected chi connectivity index (χ0v) is 15.2. The predicted molar refractivity (Wildman–Crippen MR) is 63.1 cm³/mol. The summed E-state index contributed by atoms with van der Waals surface area (Å²) < 4.78 is 1.28. The molecule has 0 atom stereocenters. The van der Waals surface area contributed by atoms with Crippen molar-refractivity contribution in [2.24, 2.45) is 0 Å². The van der Waals surface area contributed by atoms with E-state index in [0.29, 0.717) is 0 Å². The van der Waals surface area contributed by atoms with Crippen LogP contribution in [0.2, 0.25) is 0 Å². The Labute approximate surface area is 111 Å². The van der Waals surface area contributed by atoms with Gasteiger partial charge in [0.15, 0.2) is 0 Å². The Bertz CT molecular complexity index is 59.9. The molecule has 0 unspecified atom stereocenters. The van der Waals surface area contributed by atoms with Gasteiger partial charge in [0.05, 0.1) is 26.2 Å². The molecule has 0 amide bonds. The second-order valence-corrected chi connectivity index (χ2v) is 2.61. The molecular formula is C8H22Br2NZn+. The fourth-order valence-electron chi connectivity index (χ4n) is 1.34. The van der Waals surface area contributed by atoms with Crippen LogP contribution >= 0.6 is 34.0 Å². The molecule has 0 spiro atoms. The van der Waals surface area contributed by atoms with Crippen LogP contribution in [0.1, 0.15) is 27.7 Å². The molecular weight excluding hydrogens is 335 g/mol. The molecule has 0 N–H and O–H groups in total. The molecule has 0 radical (unpaired) electrons. The Morgan fingerprint density at radius 3 is 0.833 bits per heavy atom. The van der Waals surface area contributed by atoms with Gasteiger partial charge in [-0.1, -0.05) is 0 Å². The van der Waals surface area contributed by atoms with Gasteiger partial charge in [0.25, 0.3) is 0 Å². The third-order valence-corrected chi connectivity index (χ3v) is 2.68. The first-order valence-electron chi connectivity index (χ1n) is 4.09. The summed E-state index contributed by atoms with van der Waals surface area (Å²) in [7, 11) is 0. The molecule has 0 aromatic carbocycles. The van der Waals surface area contributed by atoms with E-state index in [1.165, 1.54) is 30.7 Å². The van der Waals surface area contributed by atoms with Crippen molar-refractivity contribution in [3.8, 4) is 0 Å². The van der Waals surface area contributed by atoms with Crippen molar-refractivity contribution in [1.82, 2.24) is 0 Å². The zero-order chi connectivity index (χ0) is 7.33. The minimum atomic E-state index is 0. The summed E-state index contributed by atoms with van der Waals surface area (Å²) in [5.74, 6) is 0. The van der Waals surface area contributed by atoms with Crippen molar-refractivity contribution in [3.05, 3.63) is 0 Å². The quantitative estimate of drug-likeness (QED) is 0.536. The molecule has 0 saturated heterocycles. The largest absolute Gasteiger partial charge is 0.325 e. The van der Waals surface area contributed by atoms with Crippen LogP contribution in [0.3, 0.4) is 0 Å². The van der Waals surface area contributed by atoms with Crippen molar-refractivity contribution in [2.45, 2.75) is 27.7 Å². The fourth-order valence-corrected chi connectivity index (χ4v) is 1.34. The number of nitrogens with zero attached hydrogens (tertiary/aromatic N) is 1. The molecule has 12 heavy (non-hydrogen) atoms. The van der Waals surface area contributed by atoms with Gasteiger partial charge in [-0.05, 0) is 27.7 Å². The van der Waals surface area contributed by atoms with E-state index < -0.39 is 0 Å². The summed E-state index contributed by atoms with van der Waals surface area (Å²) in [5.41, 5.74) is 0. The maximum Gasteiger partial charge on any atom is 0.0757 e. The first-order chi connectivity index (χ1) is 4.24. The number of quaternary nitrogens is 1. The van der Waals surface area contributed by atoms with Crippen LogP contribution < -0.4 is 0 Å². The molecule has 0 aliphatic heterocycles. The van der Waals surface area contributed by atoms with Gasteiger partial charge in [0.2, 0.25) is 0 Å². The van der Waals surface area contributed by atoms with Gasteiger partial charge < -0.3 is 4.48 Å². The normalized spacial score (nSPS) is 9.00. The molecule has 0 saturated carbocycles.